The molecule has 1 fully saturated rings. The van der Waals surface area contributed by atoms with E-state index in [4.69, 9.17) is 4.74 Å². The summed E-state index contributed by atoms with van der Waals surface area (Å²) in [6.45, 7) is 3.71. The second-order valence-corrected chi connectivity index (χ2v) is 5.16. The van der Waals surface area contributed by atoms with Crippen molar-refractivity contribution in [1.29, 1.82) is 0 Å². The molecule has 0 radical (unpaired) electrons. The smallest absolute Gasteiger partial charge is 0.164 e. The maximum absolute atomic E-state index is 5.67. The highest BCUT2D eigenvalue weighted by Gasteiger charge is 2.22. The van der Waals surface area contributed by atoms with Crippen LogP contribution >= 0.6 is 0 Å². The fourth-order valence-corrected chi connectivity index (χ4v) is 2.46. The van der Waals surface area contributed by atoms with Crippen molar-refractivity contribution in [3.63, 3.8) is 0 Å². The van der Waals surface area contributed by atoms with Gasteiger partial charge in [-0.2, -0.15) is 0 Å². The molecule has 1 aliphatic rings. The average Bonchev–Trinajstić information content (AvgIpc) is 3.17. The quantitative estimate of drug-likeness (QED) is 0.903. The highest BCUT2D eigenvalue weighted by atomic mass is 16.5. The number of benzene rings is 1. The highest BCUT2D eigenvalue weighted by molar-refractivity contribution is 5.29. The number of ether oxygens (including phenoxy) is 1. The predicted octanol–water partition coefficient (Wildman–Crippen LogP) is 1.92. The molecule has 20 heavy (non-hydrogen) atoms. The van der Waals surface area contributed by atoms with Crippen LogP contribution < -0.4 is 5.32 Å². The second kappa shape index (κ2) is 6.15. The van der Waals surface area contributed by atoms with Crippen LogP contribution in [0.5, 0.6) is 0 Å². The molecule has 2 aromatic rings. The molecule has 1 aromatic carbocycles. The lowest BCUT2D eigenvalue weighted by atomic mass is 10.1. The van der Waals surface area contributed by atoms with Gasteiger partial charge in [-0.15, -0.1) is 5.10 Å². The fraction of sp³-hybridized carbons (Fsp3) is 0.467. The van der Waals surface area contributed by atoms with Gasteiger partial charge in [0.1, 0.15) is 6.33 Å². The summed E-state index contributed by atoms with van der Waals surface area (Å²) in [6.07, 6.45) is 4.38. The summed E-state index contributed by atoms with van der Waals surface area (Å²) in [5, 5.41) is 7.92. The van der Waals surface area contributed by atoms with Gasteiger partial charge in [-0.25, -0.2) is 9.67 Å². The van der Waals surface area contributed by atoms with Gasteiger partial charge in [-0.3, -0.25) is 0 Å². The Hall–Kier alpha value is -1.72. The Balaban J connectivity index is 1.57. The molecule has 106 valence electrons. The van der Waals surface area contributed by atoms with Crippen LogP contribution in [0.4, 0.5) is 0 Å². The van der Waals surface area contributed by atoms with E-state index in [2.05, 4.69) is 22.3 Å². The van der Waals surface area contributed by atoms with Crippen LogP contribution in [0.2, 0.25) is 0 Å². The number of nitrogens with zero attached hydrogens (tertiary/aromatic N) is 3. The third kappa shape index (κ3) is 3.05. The van der Waals surface area contributed by atoms with E-state index < -0.39 is 0 Å². The normalized spacial score (nSPS) is 20.1. The number of para-hydroxylation sites is 1. The molecular weight excluding hydrogens is 252 g/mol. The minimum atomic E-state index is 0.325. The van der Waals surface area contributed by atoms with Gasteiger partial charge in [0, 0.05) is 12.6 Å². The summed E-state index contributed by atoms with van der Waals surface area (Å²) >= 11 is 0. The lowest BCUT2D eigenvalue weighted by molar-refractivity contribution is 0.0830. The Bertz CT molecular complexity index is 534. The first kappa shape index (κ1) is 13.3. The van der Waals surface area contributed by atoms with Gasteiger partial charge in [0.15, 0.2) is 5.82 Å². The number of rotatable bonds is 5. The van der Waals surface area contributed by atoms with E-state index in [9.17, 15) is 0 Å². The number of hydrogen-bond acceptors (Lipinski definition) is 4. The monoisotopic (exact) mass is 272 g/mol. The van der Waals surface area contributed by atoms with Gasteiger partial charge in [0.2, 0.25) is 0 Å². The van der Waals surface area contributed by atoms with Gasteiger partial charge >= 0.3 is 0 Å². The van der Waals surface area contributed by atoms with Crippen LogP contribution in [0.3, 0.4) is 0 Å². The van der Waals surface area contributed by atoms with E-state index in [1.807, 2.05) is 30.3 Å². The molecule has 2 atom stereocenters. The summed E-state index contributed by atoms with van der Waals surface area (Å²) in [7, 11) is 0. The Labute approximate surface area is 119 Å². The molecule has 0 aliphatic carbocycles. The minimum absolute atomic E-state index is 0.325. The molecule has 0 amide bonds. The van der Waals surface area contributed by atoms with E-state index in [0.717, 1.165) is 31.0 Å². The summed E-state index contributed by atoms with van der Waals surface area (Å²) in [5.74, 6) is 0.804. The lowest BCUT2D eigenvalue weighted by Gasteiger charge is -2.19. The zero-order valence-electron chi connectivity index (χ0n) is 11.7. The van der Waals surface area contributed by atoms with Crippen molar-refractivity contribution < 1.29 is 4.74 Å². The van der Waals surface area contributed by atoms with Crippen LogP contribution in [0.1, 0.15) is 25.6 Å². The topological polar surface area (TPSA) is 52.0 Å². The predicted molar refractivity (Wildman–Crippen MR) is 76.6 cm³/mol. The van der Waals surface area contributed by atoms with Crippen molar-refractivity contribution in [1.82, 2.24) is 20.1 Å². The Kier molecular flexibility index (Phi) is 4.08. The minimum Gasteiger partial charge on any atom is -0.377 e. The number of aromatic nitrogens is 3. The first-order chi connectivity index (χ1) is 9.83. The number of nitrogens with one attached hydrogen (secondary N) is 1. The van der Waals surface area contributed by atoms with Crippen molar-refractivity contribution in [2.24, 2.45) is 0 Å². The zero-order chi connectivity index (χ0) is 13.8. The highest BCUT2D eigenvalue weighted by Crippen LogP contribution is 2.15. The molecule has 5 nitrogen and oxygen atoms in total. The molecule has 2 heterocycles. The van der Waals surface area contributed by atoms with Crippen molar-refractivity contribution in [3.8, 4) is 5.69 Å². The molecule has 1 saturated heterocycles. The van der Waals surface area contributed by atoms with E-state index in [1.165, 1.54) is 0 Å². The lowest BCUT2D eigenvalue weighted by Crippen LogP contribution is -2.36. The van der Waals surface area contributed by atoms with Gasteiger partial charge < -0.3 is 10.1 Å². The SMILES string of the molecule is CC(NCc1ncn(-c2ccccc2)n1)C1CCCO1. The molecule has 1 N–H and O–H groups in total. The molecule has 0 saturated carbocycles. The van der Waals surface area contributed by atoms with Gasteiger partial charge in [0.05, 0.1) is 18.3 Å². The van der Waals surface area contributed by atoms with E-state index in [-0.39, 0.29) is 0 Å². The molecular formula is C15H20N4O. The van der Waals surface area contributed by atoms with Gasteiger partial charge in [-0.05, 0) is 31.9 Å². The second-order valence-electron chi connectivity index (χ2n) is 5.16. The molecule has 0 bridgehead atoms. The van der Waals surface area contributed by atoms with E-state index in [0.29, 0.717) is 18.7 Å². The van der Waals surface area contributed by atoms with Gasteiger partial charge in [0.25, 0.3) is 0 Å². The largest absolute Gasteiger partial charge is 0.377 e. The van der Waals surface area contributed by atoms with Crippen LogP contribution in [-0.4, -0.2) is 33.5 Å². The van der Waals surface area contributed by atoms with Crippen LogP contribution in [0.15, 0.2) is 36.7 Å². The summed E-state index contributed by atoms with van der Waals surface area (Å²) in [6, 6.07) is 10.3. The third-order valence-electron chi connectivity index (χ3n) is 3.66. The maximum atomic E-state index is 5.67. The summed E-state index contributed by atoms with van der Waals surface area (Å²) < 4.78 is 7.47. The fourth-order valence-electron chi connectivity index (χ4n) is 2.46. The van der Waals surface area contributed by atoms with Crippen molar-refractivity contribution in [2.75, 3.05) is 6.61 Å². The van der Waals surface area contributed by atoms with E-state index >= 15 is 0 Å². The molecule has 5 heteroatoms. The molecule has 2 unspecified atom stereocenters. The zero-order valence-corrected chi connectivity index (χ0v) is 11.7. The van der Waals surface area contributed by atoms with Crippen LogP contribution in [0.25, 0.3) is 5.69 Å². The maximum Gasteiger partial charge on any atom is 0.164 e. The number of hydrogen-bond donors (Lipinski definition) is 1. The first-order valence-electron chi connectivity index (χ1n) is 7.14. The summed E-state index contributed by atoms with van der Waals surface area (Å²) in [4.78, 5) is 4.34. The molecule has 3 rings (SSSR count). The molecule has 1 aliphatic heterocycles. The molecule has 1 aromatic heterocycles. The Morgan fingerprint density at radius 2 is 2.25 bits per heavy atom. The van der Waals surface area contributed by atoms with Crippen LogP contribution in [-0.2, 0) is 11.3 Å². The Morgan fingerprint density at radius 1 is 1.40 bits per heavy atom. The standard InChI is InChI=1S/C15H20N4O/c1-12(14-8-5-9-20-14)16-10-15-17-11-19(18-15)13-6-3-2-4-7-13/h2-4,6-7,11-12,14,16H,5,8-10H2,1H3. The van der Waals surface area contributed by atoms with E-state index in [1.54, 1.807) is 11.0 Å². The Morgan fingerprint density at radius 3 is 3.00 bits per heavy atom. The van der Waals surface area contributed by atoms with Gasteiger partial charge in [-0.1, -0.05) is 18.2 Å². The van der Waals surface area contributed by atoms with Crippen LogP contribution in [0, 0.1) is 0 Å². The molecule has 0 spiro atoms. The average molecular weight is 272 g/mol. The summed E-state index contributed by atoms with van der Waals surface area (Å²) in [5.41, 5.74) is 1.03. The van der Waals surface area contributed by atoms with Crippen molar-refractivity contribution in [3.05, 3.63) is 42.5 Å². The first-order valence-corrected chi connectivity index (χ1v) is 7.14. The van der Waals surface area contributed by atoms with Crippen molar-refractivity contribution in [2.45, 2.75) is 38.5 Å². The third-order valence-corrected chi connectivity index (χ3v) is 3.66. The van der Waals surface area contributed by atoms with Crippen molar-refractivity contribution >= 4 is 0 Å².